The molecule has 1 aliphatic carbocycles. The summed E-state index contributed by atoms with van der Waals surface area (Å²) in [5.74, 6) is 0.293. The smallest absolute Gasteiger partial charge is 0.323 e. The number of hydrogen-bond acceptors (Lipinski definition) is 5. The van der Waals surface area contributed by atoms with E-state index >= 15 is 0 Å². The number of esters is 1. The topological polar surface area (TPSA) is 51.2 Å². The molecule has 5 heteroatoms. The Kier molecular flexibility index (Phi) is 3.56. The lowest BCUT2D eigenvalue weighted by Crippen LogP contribution is -2.39. The first kappa shape index (κ1) is 11.5. The molecule has 1 aromatic rings. The highest BCUT2D eigenvalue weighted by molar-refractivity contribution is 7.09. The number of carbonyl (C=O) groups excluding carboxylic acids is 1. The van der Waals surface area contributed by atoms with Gasteiger partial charge in [-0.15, -0.1) is 11.3 Å². The van der Waals surface area contributed by atoms with E-state index in [1.54, 1.807) is 11.3 Å². The van der Waals surface area contributed by atoms with Crippen LogP contribution >= 0.6 is 11.3 Å². The maximum absolute atomic E-state index is 11.5. The second-order valence-electron chi connectivity index (χ2n) is 4.08. The van der Waals surface area contributed by atoms with Crippen molar-refractivity contribution in [3.05, 3.63) is 16.1 Å². The third kappa shape index (κ3) is 2.80. The molecule has 1 unspecified atom stereocenters. The summed E-state index contributed by atoms with van der Waals surface area (Å²) in [7, 11) is 1.44. The van der Waals surface area contributed by atoms with Gasteiger partial charge in [-0.2, -0.15) is 0 Å². The van der Waals surface area contributed by atoms with Crippen LogP contribution in [0.3, 0.4) is 0 Å². The summed E-state index contributed by atoms with van der Waals surface area (Å²) >= 11 is 1.63. The van der Waals surface area contributed by atoms with Gasteiger partial charge in [-0.3, -0.25) is 10.1 Å². The molecular formula is C11H16N2O2S. The molecule has 0 spiro atoms. The highest BCUT2D eigenvalue weighted by Crippen LogP contribution is 2.33. The van der Waals surface area contributed by atoms with Crippen LogP contribution in [0.5, 0.6) is 0 Å². The highest BCUT2D eigenvalue weighted by Gasteiger charge is 2.36. The Balaban J connectivity index is 1.88. The van der Waals surface area contributed by atoms with Gasteiger partial charge < -0.3 is 4.74 Å². The molecule has 0 aromatic carbocycles. The van der Waals surface area contributed by atoms with E-state index in [4.69, 9.17) is 4.74 Å². The van der Waals surface area contributed by atoms with E-state index in [1.165, 1.54) is 7.11 Å². The first-order valence-electron chi connectivity index (χ1n) is 5.43. The molecule has 88 valence electrons. The molecular weight excluding hydrogens is 224 g/mol. The van der Waals surface area contributed by atoms with E-state index in [1.807, 2.05) is 12.3 Å². The zero-order chi connectivity index (χ0) is 11.5. The predicted octanol–water partition coefficient (Wildman–Crippen LogP) is 1.49. The maximum Gasteiger partial charge on any atom is 0.323 e. The lowest BCUT2D eigenvalue weighted by Gasteiger charge is -2.14. The average Bonchev–Trinajstić information content (AvgIpc) is 3.02. The Morgan fingerprint density at radius 1 is 1.75 bits per heavy atom. The number of nitrogens with zero attached hydrogens (tertiary/aromatic N) is 1. The van der Waals surface area contributed by atoms with E-state index in [0.717, 1.165) is 23.5 Å². The van der Waals surface area contributed by atoms with Crippen molar-refractivity contribution in [2.75, 3.05) is 7.11 Å². The van der Waals surface area contributed by atoms with E-state index in [9.17, 15) is 4.79 Å². The number of nitrogens with one attached hydrogen (secondary N) is 1. The Bertz CT molecular complexity index is 374. The maximum atomic E-state index is 11.5. The molecule has 1 saturated carbocycles. The zero-order valence-electron chi connectivity index (χ0n) is 9.53. The van der Waals surface area contributed by atoms with Crippen LogP contribution in [0.2, 0.25) is 0 Å². The van der Waals surface area contributed by atoms with Crippen LogP contribution in [0.15, 0.2) is 5.38 Å². The third-order valence-electron chi connectivity index (χ3n) is 2.72. The number of rotatable bonds is 5. The van der Waals surface area contributed by atoms with E-state index in [0.29, 0.717) is 12.5 Å². The Labute approximate surface area is 99.0 Å². The minimum atomic E-state index is -0.160. The molecule has 0 bridgehead atoms. The molecule has 2 rings (SSSR count). The summed E-state index contributed by atoms with van der Waals surface area (Å²) in [5, 5.41) is 6.30. The number of carbonyl (C=O) groups is 1. The summed E-state index contributed by atoms with van der Waals surface area (Å²) in [6.45, 7) is 2.62. The number of aromatic nitrogens is 1. The lowest BCUT2D eigenvalue weighted by molar-refractivity contribution is -0.143. The summed E-state index contributed by atoms with van der Waals surface area (Å²) in [4.78, 5) is 15.9. The van der Waals surface area contributed by atoms with Crippen LogP contribution in [-0.2, 0) is 16.1 Å². The second-order valence-corrected chi connectivity index (χ2v) is 5.14. The first-order valence-corrected chi connectivity index (χ1v) is 6.31. The molecule has 1 fully saturated rings. The Hall–Kier alpha value is -0.940. The second kappa shape index (κ2) is 4.93. The fourth-order valence-electron chi connectivity index (χ4n) is 1.70. The van der Waals surface area contributed by atoms with Gasteiger partial charge in [0.25, 0.3) is 0 Å². The van der Waals surface area contributed by atoms with Gasteiger partial charge in [0, 0.05) is 11.9 Å². The SMILES string of the molecule is COC(=O)C(NCc1csc(C)n1)C1CC1. The number of aryl methyl sites for hydroxylation is 1. The van der Waals surface area contributed by atoms with Crippen molar-refractivity contribution in [3.63, 3.8) is 0 Å². The molecule has 1 aromatic heterocycles. The van der Waals surface area contributed by atoms with Crippen LogP contribution in [0.1, 0.15) is 23.5 Å². The Morgan fingerprint density at radius 3 is 3.00 bits per heavy atom. The summed E-state index contributed by atoms with van der Waals surface area (Å²) < 4.78 is 4.79. The van der Waals surface area contributed by atoms with Crippen LogP contribution in [0.25, 0.3) is 0 Å². The first-order chi connectivity index (χ1) is 7.70. The minimum absolute atomic E-state index is 0.158. The largest absolute Gasteiger partial charge is 0.468 e. The van der Waals surface area contributed by atoms with Crippen molar-refractivity contribution in [3.8, 4) is 0 Å². The predicted molar refractivity (Wildman–Crippen MR) is 62.2 cm³/mol. The standard InChI is InChI=1S/C11H16N2O2S/c1-7-13-9(6-16-7)5-12-10(8-3-4-8)11(14)15-2/h6,8,10,12H,3-5H2,1-2H3. The molecule has 0 amide bonds. The van der Waals surface area contributed by atoms with Gasteiger partial charge in [-0.1, -0.05) is 0 Å². The van der Waals surface area contributed by atoms with Crippen molar-refractivity contribution in [1.82, 2.24) is 10.3 Å². The molecule has 1 N–H and O–H groups in total. The van der Waals surface area contributed by atoms with Crippen LogP contribution in [-0.4, -0.2) is 24.1 Å². The molecule has 4 nitrogen and oxygen atoms in total. The van der Waals surface area contributed by atoms with Crippen LogP contribution in [0.4, 0.5) is 0 Å². The average molecular weight is 240 g/mol. The van der Waals surface area contributed by atoms with Gasteiger partial charge in [-0.05, 0) is 25.7 Å². The molecule has 1 heterocycles. The van der Waals surface area contributed by atoms with Gasteiger partial charge >= 0.3 is 5.97 Å². The number of thiazole rings is 1. The monoisotopic (exact) mass is 240 g/mol. The van der Waals surface area contributed by atoms with E-state index < -0.39 is 0 Å². The summed E-state index contributed by atoms with van der Waals surface area (Å²) in [6, 6.07) is -0.160. The van der Waals surface area contributed by atoms with E-state index in [-0.39, 0.29) is 12.0 Å². The third-order valence-corrected chi connectivity index (χ3v) is 3.54. The lowest BCUT2D eigenvalue weighted by atomic mass is 10.2. The van der Waals surface area contributed by atoms with Crippen molar-refractivity contribution >= 4 is 17.3 Å². The molecule has 1 atom stereocenters. The minimum Gasteiger partial charge on any atom is -0.468 e. The highest BCUT2D eigenvalue weighted by atomic mass is 32.1. The molecule has 0 saturated heterocycles. The van der Waals surface area contributed by atoms with E-state index in [2.05, 4.69) is 10.3 Å². The van der Waals surface area contributed by atoms with Gasteiger partial charge in [0.2, 0.25) is 0 Å². The summed E-state index contributed by atoms with van der Waals surface area (Å²) in [5.41, 5.74) is 0.997. The van der Waals surface area contributed by atoms with Gasteiger partial charge in [-0.25, -0.2) is 4.98 Å². The molecule has 16 heavy (non-hydrogen) atoms. The number of ether oxygens (including phenoxy) is 1. The van der Waals surface area contributed by atoms with Gasteiger partial charge in [0.15, 0.2) is 0 Å². The van der Waals surface area contributed by atoms with Crippen LogP contribution < -0.4 is 5.32 Å². The van der Waals surface area contributed by atoms with Crippen molar-refractivity contribution in [2.24, 2.45) is 5.92 Å². The fourth-order valence-corrected chi connectivity index (χ4v) is 2.32. The Morgan fingerprint density at radius 2 is 2.50 bits per heavy atom. The zero-order valence-corrected chi connectivity index (χ0v) is 10.3. The molecule has 1 aliphatic rings. The van der Waals surface area contributed by atoms with Crippen molar-refractivity contribution in [1.29, 1.82) is 0 Å². The van der Waals surface area contributed by atoms with Crippen molar-refractivity contribution in [2.45, 2.75) is 32.4 Å². The fraction of sp³-hybridized carbons (Fsp3) is 0.636. The normalized spacial score (nSPS) is 17.1. The van der Waals surface area contributed by atoms with Gasteiger partial charge in [0.05, 0.1) is 17.8 Å². The number of hydrogen-bond donors (Lipinski definition) is 1. The van der Waals surface area contributed by atoms with Crippen molar-refractivity contribution < 1.29 is 9.53 Å². The molecule has 0 radical (unpaired) electrons. The number of methoxy groups -OCH3 is 1. The quantitative estimate of drug-likeness (QED) is 0.792. The summed E-state index contributed by atoms with van der Waals surface area (Å²) in [6.07, 6.45) is 2.23. The van der Waals surface area contributed by atoms with Crippen LogP contribution in [0, 0.1) is 12.8 Å². The molecule has 0 aliphatic heterocycles. The van der Waals surface area contributed by atoms with Gasteiger partial charge in [0.1, 0.15) is 6.04 Å².